The highest BCUT2D eigenvalue weighted by atomic mass is 16.5. The van der Waals surface area contributed by atoms with Gasteiger partial charge in [0.25, 0.3) is 0 Å². The van der Waals surface area contributed by atoms with Gasteiger partial charge in [-0.25, -0.2) is 0 Å². The number of methoxy groups -OCH3 is 1. The monoisotopic (exact) mass is 229 g/mol. The Morgan fingerprint density at radius 1 is 1.44 bits per heavy atom. The third-order valence-electron chi connectivity index (χ3n) is 3.09. The van der Waals surface area contributed by atoms with Crippen molar-refractivity contribution in [3.63, 3.8) is 0 Å². The van der Waals surface area contributed by atoms with Crippen molar-refractivity contribution in [2.24, 2.45) is 5.92 Å². The molecule has 0 heterocycles. The second kappa shape index (κ2) is 7.63. The molecular weight excluding hydrogens is 206 g/mol. The molecular formula is C12H23NO3. The quantitative estimate of drug-likeness (QED) is 0.716. The van der Waals surface area contributed by atoms with Crippen LogP contribution in [0.25, 0.3) is 0 Å². The third-order valence-corrected chi connectivity index (χ3v) is 3.09. The lowest BCUT2D eigenvalue weighted by Crippen LogP contribution is -2.35. The van der Waals surface area contributed by atoms with Crippen molar-refractivity contribution in [2.45, 2.75) is 44.6 Å². The normalized spacial score (nSPS) is 19.4. The molecule has 1 amide bonds. The van der Waals surface area contributed by atoms with Crippen LogP contribution in [0.5, 0.6) is 0 Å². The Bertz CT molecular complexity index is 202. The number of nitrogens with one attached hydrogen (secondary N) is 1. The van der Waals surface area contributed by atoms with Crippen LogP contribution in [0.1, 0.15) is 38.5 Å². The average molecular weight is 229 g/mol. The van der Waals surface area contributed by atoms with E-state index in [1.165, 1.54) is 39.2 Å². The van der Waals surface area contributed by atoms with Gasteiger partial charge in [-0.2, -0.15) is 0 Å². The zero-order valence-corrected chi connectivity index (χ0v) is 10.1. The van der Waals surface area contributed by atoms with Crippen LogP contribution in [0, 0.1) is 5.92 Å². The summed E-state index contributed by atoms with van der Waals surface area (Å²) in [5.74, 6) is 0.607. The van der Waals surface area contributed by atoms with Crippen LogP contribution >= 0.6 is 0 Å². The predicted molar refractivity (Wildman–Crippen MR) is 62.1 cm³/mol. The number of aliphatic hydroxyl groups is 1. The van der Waals surface area contributed by atoms with E-state index < -0.39 is 6.10 Å². The van der Waals surface area contributed by atoms with Gasteiger partial charge in [0.1, 0.15) is 0 Å². The highest BCUT2D eigenvalue weighted by Crippen LogP contribution is 2.25. The molecule has 0 aromatic heterocycles. The summed E-state index contributed by atoms with van der Waals surface area (Å²) >= 11 is 0. The van der Waals surface area contributed by atoms with Crippen molar-refractivity contribution < 1.29 is 14.6 Å². The number of hydrogen-bond acceptors (Lipinski definition) is 3. The maximum Gasteiger partial charge on any atom is 0.220 e. The van der Waals surface area contributed by atoms with Gasteiger partial charge in [0.05, 0.1) is 12.7 Å². The fourth-order valence-electron chi connectivity index (χ4n) is 2.21. The molecule has 1 fully saturated rings. The zero-order chi connectivity index (χ0) is 11.8. The molecule has 1 rings (SSSR count). The molecule has 1 unspecified atom stereocenters. The molecule has 2 N–H and O–H groups in total. The minimum absolute atomic E-state index is 0.0575. The summed E-state index contributed by atoms with van der Waals surface area (Å²) < 4.78 is 4.78. The summed E-state index contributed by atoms with van der Waals surface area (Å²) in [7, 11) is 1.53. The lowest BCUT2D eigenvalue weighted by Gasteiger charge is -2.21. The van der Waals surface area contributed by atoms with Crippen molar-refractivity contribution in [3.8, 4) is 0 Å². The Balaban J connectivity index is 2.10. The molecule has 0 aromatic rings. The van der Waals surface area contributed by atoms with Gasteiger partial charge < -0.3 is 15.2 Å². The number of amides is 1. The van der Waals surface area contributed by atoms with E-state index in [-0.39, 0.29) is 12.5 Å². The van der Waals surface area contributed by atoms with Gasteiger partial charge in [-0.05, 0) is 18.8 Å². The molecule has 1 saturated carbocycles. The number of ether oxygens (including phenoxy) is 1. The van der Waals surface area contributed by atoms with Gasteiger partial charge in [0, 0.05) is 20.1 Å². The molecule has 0 aliphatic heterocycles. The fourth-order valence-corrected chi connectivity index (χ4v) is 2.21. The second-order valence-corrected chi connectivity index (χ2v) is 4.62. The predicted octanol–water partition coefficient (Wildman–Crippen LogP) is 1.08. The van der Waals surface area contributed by atoms with Gasteiger partial charge >= 0.3 is 0 Å². The molecule has 0 saturated heterocycles. The molecule has 0 spiro atoms. The van der Waals surface area contributed by atoms with Crippen molar-refractivity contribution in [2.75, 3.05) is 20.3 Å². The maximum absolute atomic E-state index is 11.6. The van der Waals surface area contributed by atoms with Crippen LogP contribution in [0.4, 0.5) is 0 Å². The van der Waals surface area contributed by atoms with Gasteiger partial charge in [-0.3, -0.25) is 4.79 Å². The van der Waals surface area contributed by atoms with Gasteiger partial charge in [0.2, 0.25) is 5.91 Å². The van der Waals surface area contributed by atoms with Crippen LogP contribution in [0.3, 0.4) is 0 Å². The average Bonchev–Trinajstić information content (AvgIpc) is 2.28. The minimum Gasteiger partial charge on any atom is -0.389 e. The molecule has 0 bridgehead atoms. The van der Waals surface area contributed by atoms with Crippen molar-refractivity contribution >= 4 is 5.91 Å². The Morgan fingerprint density at radius 2 is 2.12 bits per heavy atom. The van der Waals surface area contributed by atoms with E-state index in [9.17, 15) is 9.90 Å². The van der Waals surface area contributed by atoms with Crippen LogP contribution in [-0.4, -0.2) is 37.4 Å². The third kappa shape index (κ3) is 5.47. The van der Waals surface area contributed by atoms with Crippen molar-refractivity contribution in [1.29, 1.82) is 0 Å². The van der Waals surface area contributed by atoms with E-state index >= 15 is 0 Å². The summed E-state index contributed by atoms with van der Waals surface area (Å²) in [6.45, 7) is 0.559. The van der Waals surface area contributed by atoms with E-state index in [2.05, 4.69) is 5.32 Å². The number of rotatable bonds is 6. The summed E-state index contributed by atoms with van der Waals surface area (Å²) in [5.41, 5.74) is 0. The fraction of sp³-hybridized carbons (Fsp3) is 0.917. The summed E-state index contributed by atoms with van der Waals surface area (Å²) in [6.07, 6.45) is 6.18. The first-order valence-electron chi connectivity index (χ1n) is 6.16. The molecule has 4 nitrogen and oxygen atoms in total. The van der Waals surface area contributed by atoms with E-state index in [4.69, 9.17) is 4.74 Å². The molecule has 0 aromatic carbocycles. The Kier molecular flexibility index (Phi) is 6.42. The standard InChI is InChI=1S/C12H23NO3/c1-16-9-11(14)8-13-12(15)7-10-5-3-2-4-6-10/h10-11,14H,2-9H2,1H3,(H,13,15). The SMILES string of the molecule is COCC(O)CNC(=O)CC1CCCCC1. The molecule has 16 heavy (non-hydrogen) atoms. The van der Waals surface area contributed by atoms with Crippen molar-refractivity contribution in [3.05, 3.63) is 0 Å². The van der Waals surface area contributed by atoms with Crippen LogP contribution in [0.15, 0.2) is 0 Å². The second-order valence-electron chi connectivity index (χ2n) is 4.62. The molecule has 1 atom stereocenters. The highest BCUT2D eigenvalue weighted by molar-refractivity contribution is 5.76. The van der Waals surface area contributed by atoms with Crippen LogP contribution in [0.2, 0.25) is 0 Å². The van der Waals surface area contributed by atoms with Gasteiger partial charge in [0.15, 0.2) is 0 Å². The van der Waals surface area contributed by atoms with Crippen molar-refractivity contribution in [1.82, 2.24) is 5.32 Å². The molecule has 1 aliphatic rings. The van der Waals surface area contributed by atoms with E-state index in [1.54, 1.807) is 0 Å². The molecule has 1 aliphatic carbocycles. The topological polar surface area (TPSA) is 58.6 Å². The smallest absolute Gasteiger partial charge is 0.220 e. The molecule has 4 heteroatoms. The first-order valence-corrected chi connectivity index (χ1v) is 6.16. The summed E-state index contributed by atoms with van der Waals surface area (Å²) in [4.78, 5) is 11.6. The first kappa shape index (κ1) is 13.5. The van der Waals surface area contributed by atoms with E-state index in [1.807, 2.05) is 0 Å². The molecule has 94 valence electrons. The lowest BCUT2D eigenvalue weighted by atomic mass is 9.87. The van der Waals surface area contributed by atoms with E-state index in [0.717, 1.165) is 0 Å². The van der Waals surface area contributed by atoms with Crippen LogP contribution < -0.4 is 5.32 Å². The largest absolute Gasteiger partial charge is 0.389 e. The van der Waals surface area contributed by atoms with Gasteiger partial charge in [-0.15, -0.1) is 0 Å². The number of hydrogen-bond donors (Lipinski definition) is 2. The first-order chi connectivity index (χ1) is 7.72. The van der Waals surface area contributed by atoms with Crippen LogP contribution in [-0.2, 0) is 9.53 Å². The summed E-state index contributed by atoms with van der Waals surface area (Å²) in [5, 5.41) is 12.1. The summed E-state index contributed by atoms with van der Waals surface area (Å²) in [6, 6.07) is 0. The molecule has 0 radical (unpaired) electrons. The highest BCUT2D eigenvalue weighted by Gasteiger charge is 2.17. The number of carbonyl (C=O) groups excluding carboxylic acids is 1. The lowest BCUT2D eigenvalue weighted by molar-refractivity contribution is -0.122. The Morgan fingerprint density at radius 3 is 2.75 bits per heavy atom. The number of carbonyl (C=O) groups is 1. The Labute approximate surface area is 97.4 Å². The minimum atomic E-state index is -0.597. The van der Waals surface area contributed by atoms with Gasteiger partial charge in [-0.1, -0.05) is 19.3 Å². The van der Waals surface area contributed by atoms with E-state index in [0.29, 0.717) is 18.9 Å². The Hall–Kier alpha value is -0.610. The zero-order valence-electron chi connectivity index (χ0n) is 10.1. The maximum atomic E-state index is 11.6. The number of aliphatic hydroxyl groups excluding tert-OH is 1.